The third kappa shape index (κ3) is 4.85. The number of benzene rings is 4. The van der Waals surface area contributed by atoms with Gasteiger partial charge in [-0.1, -0.05) is 88.7 Å². The number of hydrazone groups is 1. The Kier molecular flexibility index (Phi) is 6.78. The number of aromatic nitrogens is 1. The number of aromatic hydroxyl groups is 1. The molecule has 1 heterocycles. The lowest BCUT2D eigenvalue weighted by Gasteiger charge is -2.15. The Balaban J connectivity index is 1.64. The zero-order chi connectivity index (χ0) is 24.9. The highest BCUT2D eigenvalue weighted by molar-refractivity contribution is 9.10. The number of halogens is 1. The van der Waals surface area contributed by atoms with E-state index in [1.807, 2.05) is 48.5 Å². The van der Waals surface area contributed by atoms with Crippen LogP contribution in [0.1, 0.15) is 15.9 Å². The Labute approximate surface area is 217 Å². The monoisotopic (exact) mass is 535 g/mol. The van der Waals surface area contributed by atoms with Gasteiger partial charge in [-0.15, -0.1) is 0 Å². The van der Waals surface area contributed by atoms with E-state index in [9.17, 15) is 9.90 Å². The number of hydrogen-bond acceptors (Lipinski definition) is 3. The largest absolute Gasteiger partial charge is 0.507 e. The second kappa shape index (κ2) is 10.5. The average Bonchev–Trinajstić information content (AvgIpc) is 3.29. The number of para-hydroxylation sites is 1. The molecule has 36 heavy (non-hydrogen) atoms. The molecule has 5 nitrogen and oxygen atoms in total. The maximum atomic E-state index is 12.6. The number of nitrogens with zero attached hydrogens (tertiary/aromatic N) is 2. The Morgan fingerprint density at radius 2 is 1.42 bits per heavy atom. The van der Waals surface area contributed by atoms with Crippen LogP contribution >= 0.6 is 15.9 Å². The van der Waals surface area contributed by atoms with Crippen LogP contribution in [0.5, 0.6) is 5.75 Å². The molecule has 0 bridgehead atoms. The molecule has 6 heteroatoms. The van der Waals surface area contributed by atoms with Crippen molar-refractivity contribution in [2.24, 2.45) is 5.10 Å². The predicted octanol–water partition coefficient (Wildman–Crippen LogP) is 7.04. The minimum Gasteiger partial charge on any atom is -0.507 e. The van der Waals surface area contributed by atoms with Crippen LogP contribution in [0, 0.1) is 0 Å². The number of rotatable bonds is 6. The van der Waals surface area contributed by atoms with E-state index in [-0.39, 0.29) is 11.3 Å². The summed E-state index contributed by atoms with van der Waals surface area (Å²) in [5.41, 5.74) is 8.52. The third-order valence-corrected chi connectivity index (χ3v) is 6.28. The first-order valence-electron chi connectivity index (χ1n) is 11.4. The summed E-state index contributed by atoms with van der Waals surface area (Å²) < 4.78 is 3.19. The summed E-state index contributed by atoms with van der Waals surface area (Å²) in [4.78, 5) is 12.6. The number of carbonyl (C=O) groups is 1. The molecular weight excluding hydrogens is 514 g/mol. The smallest absolute Gasteiger partial charge is 0.275 e. The van der Waals surface area contributed by atoms with Crippen LogP contribution in [-0.4, -0.2) is 21.8 Å². The molecule has 2 N–H and O–H groups in total. The van der Waals surface area contributed by atoms with Crippen LogP contribution in [0.2, 0.25) is 0 Å². The molecule has 5 rings (SSSR count). The summed E-state index contributed by atoms with van der Waals surface area (Å²) in [6.07, 6.45) is 1.64. The van der Waals surface area contributed by atoms with Crippen LogP contribution in [0.3, 0.4) is 0 Å². The van der Waals surface area contributed by atoms with Gasteiger partial charge in [0.2, 0.25) is 0 Å². The zero-order valence-electron chi connectivity index (χ0n) is 19.2. The number of phenols is 1. The van der Waals surface area contributed by atoms with E-state index >= 15 is 0 Å². The minimum absolute atomic E-state index is 0.0945. The van der Waals surface area contributed by atoms with Gasteiger partial charge in [0.05, 0.1) is 23.2 Å². The first kappa shape index (κ1) is 23.3. The molecule has 0 aliphatic heterocycles. The van der Waals surface area contributed by atoms with Gasteiger partial charge >= 0.3 is 0 Å². The third-order valence-electron chi connectivity index (χ3n) is 5.75. The molecule has 0 aliphatic carbocycles. The summed E-state index contributed by atoms with van der Waals surface area (Å²) >= 11 is 3.53. The lowest BCUT2D eigenvalue weighted by molar-refractivity contribution is 0.0952. The maximum absolute atomic E-state index is 12.6. The van der Waals surface area contributed by atoms with E-state index < -0.39 is 5.91 Å². The number of amides is 1. The van der Waals surface area contributed by atoms with Crippen LogP contribution in [0.15, 0.2) is 125 Å². The summed E-state index contributed by atoms with van der Waals surface area (Å²) in [5.74, 6) is -0.579. The van der Waals surface area contributed by atoms with Crippen LogP contribution in [-0.2, 0) is 0 Å². The molecule has 0 saturated heterocycles. The standard InChI is InChI=1S/C30H22BrN3O2/c31-24-15-17-25(18-16-24)34-27(21-9-3-1-4-10-21)19-23(29(34)22-11-5-2-6-12-22)20-32-33-30(36)26-13-7-8-14-28(26)35/h1-20,35H,(H,33,36)/b32-20+. The number of hydrogen-bond donors (Lipinski definition) is 2. The molecule has 0 unspecified atom stereocenters. The average molecular weight is 536 g/mol. The Morgan fingerprint density at radius 3 is 2.08 bits per heavy atom. The van der Waals surface area contributed by atoms with Crippen molar-refractivity contribution < 1.29 is 9.90 Å². The van der Waals surface area contributed by atoms with Gasteiger partial charge in [0.25, 0.3) is 5.91 Å². The van der Waals surface area contributed by atoms with Crippen molar-refractivity contribution in [1.29, 1.82) is 0 Å². The molecule has 0 aliphatic rings. The molecule has 0 spiro atoms. The van der Waals surface area contributed by atoms with Crippen molar-refractivity contribution in [2.75, 3.05) is 0 Å². The van der Waals surface area contributed by atoms with Crippen molar-refractivity contribution in [3.05, 3.63) is 131 Å². The van der Waals surface area contributed by atoms with E-state index in [4.69, 9.17) is 0 Å². The highest BCUT2D eigenvalue weighted by atomic mass is 79.9. The number of phenolic OH excluding ortho intramolecular Hbond substituents is 1. The normalized spacial score (nSPS) is 11.0. The first-order chi connectivity index (χ1) is 17.6. The van der Waals surface area contributed by atoms with Gasteiger partial charge in [0.15, 0.2) is 0 Å². The molecule has 0 saturated carbocycles. The fourth-order valence-electron chi connectivity index (χ4n) is 4.09. The van der Waals surface area contributed by atoms with E-state index in [1.165, 1.54) is 6.07 Å². The van der Waals surface area contributed by atoms with Gasteiger partial charge in [-0.2, -0.15) is 5.10 Å². The van der Waals surface area contributed by atoms with Gasteiger partial charge in [0, 0.05) is 15.7 Å². The van der Waals surface area contributed by atoms with E-state index in [0.29, 0.717) is 0 Å². The lowest BCUT2D eigenvalue weighted by Crippen LogP contribution is -2.17. The highest BCUT2D eigenvalue weighted by Gasteiger charge is 2.19. The zero-order valence-corrected chi connectivity index (χ0v) is 20.8. The van der Waals surface area contributed by atoms with Gasteiger partial charge < -0.3 is 9.67 Å². The van der Waals surface area contributed by atoms with Crippen molar-refractivity contribution in [3.63, 3.8) is 0 Å². The molecule has 1 amide bonds. The second-order valence-electron chi connectivity index (χ2n) is 8.09. The predicted molar refractivity (Wildman–Crippen MR) is 148 cm³/mol. The molecule has 0 fully saturated rings. The summed E-state index contributed by atoms with van der Waals surface area (Å²) in [5, 5.41) is 14.2. The van der Waals surface area contributed by atoms with Gasteiger partial charge in [-0.05, 0) is 53.6 Å². The van der Waals surface area contributed by atoms with Gasteiger partial charge in [-0.3, -0.25) is 4.79 Å². The fourth-order valence-corrected chi connectivity index (χ4v) is 4.35. The maximum Gasteiger partial charge on any atom is 0.275 e. The van der Waals surface area contributed by atoms with Crippen molar-refractivity contribution in [2.45, 2.75) is 0 Å². The molecule has 5 aromatic rings. The fraction of sp³-hybridized carbons (Fsp3) is 0. The van der Waals surface area contributed by atoms with Gasteiger partial charge in [-0.25, -0.2) is 5.43 Å². The van der Waals surface area contributed by atoms with E-state index in [2.05, 4.69) is 73.5 Å². The highest BCUT2D eigenvalue weighted by Crippen LogP contribution is 2.35. The molecule has 0 atom stereocenters. The topological polar surface area (TPSA) is 66.6 Å². The summed E-state index contributed by atoms with van der Waals surface area (Å²) in [6, 6.07) is 36.8. The Hall–Kier alpha value is -4.42. The quantitative estimate of drug-likeness (QED) is 0.181. The Morgan fingerprint density at radius 1 is 0.806 bits per heavy atom. The summed E-state index contributed by atoms with van der Waals surface area (Å²) in [7, 11) is 0. The number of nitrogens with one attached hydrogen (secondary N) is 1. The molecule has 0 radical (unpaired) electrons. The molecule has 1 aromatic heterocycles. The van der Waals surface area contributed by atoms with E-state index in [0.717, 1.165) is 38.2 Å². The van der Waals surface area contributed by atoms with Crippen LogP contribution in [0.4, 0.5) is 0 Å². The van der Waals surface area contributed by atoms with E-state index in [1.54, 1.807) is 24.4 Å². The number of carbonyl (C=O) groups excluding carboxylic acids is 1. The molecule has 4 aromatic carbocycles. The van der Waals surface area contributed by atoms with Crippen molar-refractivity contribution in [1.82, 2.24) is 9.99 Å². The minimum atomic E-state index is -0.485. The summed E-state index contributed by atoms with van der Waals surface area (Å²) in [6.45, 7) is 0. The van der Waals surface area contributed by atoms with Crippen molar-refractivity contribution >= 4 is 28.1 Å². The molecular formula is C30H22BrN3O2. The second-order valence-corrected chi connectivity index (χ2v) is 9.01. The van der Waals surface area contributed by atoms with Gasteiger partial charge in [0.1, 0.15) is 5.75 Å². The lowest BCUT2D eigenvalue weighted by atomic mass is 10.1. The first-order valence-corrected chi connectivity index (χ1v) is 12.1. The Bertz CT molecular complexity index is 1530. The van der Waals surface area contributed by atoms with Crippen LogP contribution in [0.25, 0.3) is 28.2 Å². The van der Waals surface area contributed by atoms with Crippen LogP contribution < -0.4 is 5.43 Å². The SMILES string of the molecule is O=C(N/N=C/c1cc(-c2ccccc2)n(-c2ccc(Br)cc2)c1-c1ccccc1)c1ccccc1O. The molecule has 176 valence electrons. The van der Waals surface area contributed by atoms with Crippen molar-refractivity contribution in [3.8, 4) is 34.0 Å².